The van der Waals surface area contributed by atoms with Crippen LogP contribution in [0.25, 0.3) is 22.9 Å². The van der Waals surface area contributed by atoms with Crippen LogP contribution in [-0.2, 0) is 7.05 Å². The number of H-pyrrole nitrogens is 1. The molecule has 20 heavy (non-hydrogen) atoms. The molecule has 0 amide bonds. The summed E-state index contributed by atoms with van der Waals surface area (Å²) >= 11 is 2.02. The highest BCUT2D eigenvalue weighted by atomic mass is 127. The van der Waals surface area contributed by atoms with Crippen molar-refractivity contribution in [2.24, 2.45) is 7.05 Å². The number of aromatic amines is 1. The fourth-order valence-corrected chi connectivity index (χ4v) is 2.51. The van der Waals surface area contributed by atoms with E-state index in [1.54, 1.807) is 6.20 Å². The second kappa shape index (κ2) is 5.20. The van der Waals surface area contributed by atoms with Gasteiger partial charge in [0, 0.05) is 25.0 Å². The number of nitrogens with one attached hydrogen (secondary N) is 1. The highest BCUT2D eigenvalue weighted by Crippen LogP contribution is 2.22. The SMILES string of the molecule is Cn1ccnc1-c1nc(-c2ccccc2)c(I)c(=O)[nH]1. The van der Waals surface area contributed by atoms with Crippen molar-refractivity contribution in [2.75, 3.05) is 0 Å². The van der Waals surface area contributed by atoms with Crippen LogP contribution in [-0.4, -0.2) is 19.5 Å². The molecule has 5 nitrogen and oxygen atoms in total. The predicted molar refractivity (Wildman–Crippen MR) is 85.2 cm³/mol. The van der Waals surface area contributed by atoms with Crippen LogP contribution in [0.5, 0.6) is 0 Å². The van der Waals surface area contributed by atoms with Gasteiger partial charge in [-0.15, -0.1) is 0 Å². The molecule has 3 aromatic rings. The second-order valence-electron chi connectivity index (χ2n) is 4.30. The van der Waals surface area contributed by atoms with Gasteiger partial charge in [0.1, 0.15) is 3.57 Å². The van der Waals surface area contributed by atoms with Gasteiger partial charge in [-0.2, -0.15) is 0 Å². The van der Waals surface area contributed by atoms with Gasteiger partial charge >= 0.3 is 0 Å². The Labute approximate surface area is 128 Å². The molecule has 0 saturated carbocycles. The van der Waals surface area contributed by atoms with Crippen LogP contribution < -0.4 is 5.56 Å². The first kappa shape index (κ1) is 13.0. The van der Waals surface area contributed by atoms with E-state index in [9.17, 15) is 4.79 Å². The molecule has 0 spiro atoms. The average Bonchev–Trinajstić information content (AvgIpc) is 2.89. The lowest BCUT2D eigenvalue weighted by molar-refractivity contribution is 0.902. The van der Waals surface area contributed by atoms with Crippen molar-refractivity contribution in [3.05, 3.63) is 56.6 Å². The number of halogens is 1. The first-order chi connectivity index (χ1) is 9.66. The number of rotatable bonds is 2. The van der Waals surface area contributed by atoms with Gasteiger partial charge in [0.15, 0.2) is 11.6 Å². The Hall–Kier alpha value is -1.96. The lowest BCUT2D eigenvalue weighted by Gasteiger charge is -2.07. The van der Waals surface area contributed by atoms with E-state index in [1.165, 1.54) is 0 Å². The zero-order chi connectivity index (χ0) is 14.1. The summed E-state index contributed by atoms with van der Waals surface area (Å²) in [6, 6.07) is 9.66. The molecule has 0 radical (unpaired) electrons. The van der Waals surface area contributed by atoms with Gasteiger partial charge in [-0.05, 0) is 22.6 Å². The number of hydrogen-bond donors (Lipinski definition) is 1. The molecule has 1 N–H and O–H groups in total. The van der Waals surface area contributed by atoms with Crippen LogP contribution >= 0.6 is 22.6 Å². The monoisotopic (exact) mass is 378 g/mol. The van der Waals surface area contributed by atoms with Crippen LogP contribution in [0.15, 0.2) is 47.5 Å². The minimum Gasteiger partial charge on any atom is -0.331 e. The maximum absolute atomic E-state index is 12.1. The Morgan fingerprint density at radius 3 is 2.65 bits per heavy atom. The van der Waals surface area contributed by atoms with Gasteiger partial charge in [0.05, 0.1) is 5.69 Å². The van der Waals surface area contributed by atoms with Crippen LogP contribution in [0.2, 0.25) is 0 Å². The van der Waals surface area contributed by atoms with Crippen molar-refractivity contribution in [3.8, 4) is 22.9 Å². The summed E-state index contributed by atoms with van der Waals surface area (Å²) in [7, 11) is 1.86. The van der Waals surface area contributed by atoms with Crippen LogP contribution in [0, 0.1) is 3.57 Å². The molecule has 0 aliphatic carbocycles. The molecule has 100 valence electrons. The van der Waals surface area contributed by atoms with E-state index in [4.69, 9.17) is 0 Å². The van der Waals surface area contributed by atoms with Crippen molar-refractivity contribution in [2.45, 2.75) is 0 Å². The number of imidazole rings is 1. The van der Waals surface area contributed by atoms with E-state index >= 15 is 0 Å². The largest absolute Gasteiger partial charge is 0.331 e. The lowest BCUT2D eigenvalue weighted by Crippen LogP contribution is -2.15. The second-order valence-corrected chi connectivity index (χ2v) is 5.38. The first-order valence-electron chi connectivity index (χ1n) is 6.00. The van der Waals surface area contributed by atoms with Crippen molar-refractivity contribution >= 4 is 22.6 Å². The number of nitrogens with zero attached hydrogens (tertiary/aromatic N) is 3. The maximum Gasteiger partial charge on any atom is 0.265 e. The van der Waals surface area contributed by atoms with Crippen molar-refractivity contribution in [1.29, 1.82) is 0 Å². The summed E-state index contributed by atoms with van der Waals surface area (Å²) < 4.78 is 2.40. The highest BCUT2D eigenvalue weighted by molar-refractivity contribution is 14.1. The average molecular weight is 378 g/mol. The molecule has 2 aromatic heterocycles. The lowest BCUT2D eigenvalue weighted by atomic mass is 10.1. The Balaban J connectivity index is 2.24. The fourth-order valence-electron chi connectivity index (χ4n) is 1.95. The van der Waals surface area contributed by atoms with Gasteiger partial charge < -0.3 is 9.55 Å². The van der Waals surface area contributed by atoms with Crippen molar-refractivity contribution in [1.82, 2.24) is 19.5 Å². The number of aromatic nitrogens is 4. The zero-order valence-corrected chi connectivity index (χ0v) is 12.8. The van der Waals surface area contributed by atoms with E-state index in [-0.39, 0.29) is 5.56 Å². The van der Waals surface area contributed by atoms with Gasteiger partial charge in [0.2, 0.25) is 0 Å². The minimum atomic E-state index is -0.155. The Bertz CT molecular complexity index is 808. The molecule has 0 aliphatic rings. The van der Waals surface area contributed by atoms with E-state index in [1.807, 2.05) is 70.7 Å². The summed E-state index contributed by atoms with van der Waals surface area (Å²) in [4.78, 5) is 23.7. The molecule has 1 aromatic carbocycles. The molecular formula is C14H11IN4O. The summed E-state index contributed by atoms with van der Waals surface area (Å²) in [6.45, 7) is 0. The Kier molecular flexibility index (Phi) is 3.39. The topological polar surface area (TPSA) is 63.6 Å². The van der Waals surface area contributed by atoms with Gasteiger partial charge in [-0.1, -0.05) is 30.3 Å². The Morgan fingerprint density at radius 1 is 1.25 bits per heavy atom. The van der Waals surface area contributed by atoms with E-state index in [2.05, 4.69) is 15.0 Å². The minimum absolute atomic E-state index is 0.155. The predicted octanol–water partition coefficient (Wildman–Crippen LogP) is 2.44. The Morgan fingerprint density at radius 2 is 2.00 bits per heavy atom. The molecule has 0 unspecified atom stereocenters. The summed E-state index contributed by atoms with van der Waals surface area (Å²) in [5.74, 6) is 1.11. The van der Waals surface area contributed by atoms with Crippen LogP contribution in [0.4, 0.5) is 0 Å². The first-order valence-corrected chi connectivity index (χ1v) is 7.07. The number of aryl methyl sites for hydroxylation is 1. The summed E-state index contributed by atoms with van der Waals surface area (Å²) in [5, 5.41) is 0. The van der Waals surface area contributed by atoms with Crippen LogP contribution in [0.3, 0.4) is 0 Å². The van der Waals surface area contributed by atoms with E-state index in [0.29, 0.717) is 20.9 Å². The third-order valence-corrected chi connectivity index (χ3v) is 3.94. The zero-order valence-electron chi connectivity index (χ0n) is 10.7. The normalized spacial score (nSPS) is 10.7. The summed E-state index contributed by atoms with van der Waals surface area (Å²) in [6.07, 6.45) is 3.49. The fraction of sp³-hybridized carbons (Fsp3) is 0.0714. The number of benzene rings is 1. The van der Waals surface area contributed by atoms with E-state index in [0.717, 1.165) is 5.56 Å². The molecule has 0 fully saturated rings. The molecule has 0 bridgehead atoms. The summed E-state index contributed by atoms with van der Waals surface area (Å²) in [5.41, 5.74) is 1.43. The van der Waals surface area contributed by atoms with Crippen molar-refractivity contribution in [3.63, 3.8) is 0 Å². The molecule has 3 rings (SSSR count). The molecule has 2 heterocycles. The van der Waals surface area contributed by atoms with Gasteiger partial charge in [0.25, 0.3) is 5.56 Å². The molecule has 6 heteroatoms. The smallest absolute Gasteiger partial charge is 0.265 e. The molecule has 0 atom stereocenters. The molecule has 0 saturated heterocycles. The molecular weight excluding hydrogens is 367 g/mol. The number of hydrogen-bond acceptors (Lipinski definition) is 3. The maximum atomic E-state index is 12.1. The molecule has 0 aliphatic heterocycles. The third kappa shape index (κ3) is 2.26. The van der Waals surface area contributed by atoms with E-state index < -0.39 is 0 Å². The van der Waals surface area contributed by atoms with Crippen molar-refractivity contribution < 1.29 is 0 Å². The highest BCUT2D eigenvalue weighted by Gasteiger charge is 2.14. The standard InChI is InChI=1S/C14H11IN4O/c1-19-8-7-16-13(19)12-17-11(10(15)14(20)18-12)9-5-3-2-4-6-9/h2-8H,1H3,(H,17,18,20). The quantitative estimate of drug-likeness (QED) is 0.697. The third-order valence-electron chi connectivity index (χ3n) is 2.94. The van der Waals surface area contributed by atoms with Gasteiger partial charge in [-0.3, -0.25) is 4.79 Å². The van der Waals surface area contributed by atoms with Crippen LogP contribution in [0.1, 0.15) is 0 Å². The van der Waals surface area contributed by atoms with Gasteiger partial charge in [-0.25, -0.2) is 9.97 Å².